The molecular weight excluding hydrogens is 258 g/mol. The maximum absolute atomic E-state index is 9.38. The number of aromatic amines is 1. The highest BCUT2D eigenvalue weighted by Crippen LogP contribution is 2.23. The summed E-state index contributed by atoms with van der Waals surface area (Å²) >= 11 is 0. The van der Waals surface area contributed by atoms with Crippen LogP contribution >= 0.6 is 0 Å². The van der Waals surface area contributed by atoms with Crippen LogP contribution in [-0.4, -0.2) is 4.98 Å². The van der Waals surface area contributed by atoms with Crippen LogP contribution in [0.5, 0.6) is 0 Å². The van der Waals surface area contributed by atoms with Gasteiger partial charge in [0, 0.05) is 22.7 Å². The van der Waals surface area contributed by atoms with Gasteiger partial charge in [-0.05, 0) is 29.8 Å². The fourth-order valence-electron chi connectivity index (χ4n) is 2.27. The highest BCUT2D eigenvalue weighted by atomic mass is 14.7. The number of rotatable bonds is 2. The van der Waals surface area contributed by atoms with Crippen LogP contribution in [0.4, 0.5) is 0 Å². The molecule has 0 aliphatic heterocycles. The molecule has 1 N–H and O–H groups in total. The number of aromatic nitrogens is 1. The highest BCUT2D eigenvalue weighted by Gasteiger charge is 2.05. The van der Waals surface area contributed by atoms with E-state index in [2.05, 4.69) is 17.1 Å². The van der Waals surface area contributed by atoms with Gasteiger partial charge < -0.3 is 4.98 Å². The molecule has 0 saturated carbocycles. The number of H-pyrrole nitrogens is 1. The predicted octanol–water partition coefficient (Wildman–Crippen LogP) is 4.10. The molecule has 3 nitrogen and oxygen atoms in total. The highest BCUT2D eigenvalue weighted by molar-refractivity contribution is 5.97. The van der Waals surface area contributed by atoms with Crippen molar-refractivity contribution in [2.75, 3.05) is 0 Å². The van der Waals surface area contributed by atoms with Crippen LogP contribution in [-0.2, 0) is 0 Å². The molecule has 0 atom stereocenters. The van der Waals surface area contributed by atoms with Crippen LogP contribution in [0.15, 0.2) is 54.7 Å². The van der Waals surface area contributed by atoms with E-state index in [1.165, 1.54) is 0 Å². The van der Waals surface area contributed by atoms with Gasteiger partial charge in [0.05, 0.1) is 23.3 Å². The first-order valence-corrected chi connectivity index (χ1v) is 6.50. The van der Waals surface area contributed by atoms with E-state index < -0.39 is 0 Å². The monoisotopic (exact) mass is 269 g/mol. The smallest absolute Gasteiger partial charge is 0.0998 e. The number of hydrogen-bond acceptors (Lipinski definition) is 2. The van der Waals surface area contributed by atoms with E-state index in [9.17, 15) is 5.26 Å². The molecule has 0 bridgehead atoms. The summed E-state index contributed by atoms with van der Waals surface area (Å²) in [6, 6.07) is 19.3. The van der Waals surface area contributed by atoms with Crippen molar-refractivity contribution in [1.82, 2.24) is 4.98 Å². The van der Waals surface area contributed by atoms with E-state index in [0.717, 1.165) is 22.0 Å². The second-order valence-corrected chi connectivity index (χ2v) is 4.65. The third kappa shape index (κ3) is 2.41. The molecule has 0 radical (unpaired) electrons. The zero-order valence-corrected chi connectivity index (χ0v) is 11.2. The molecule has 0 aliphatic rings. The van der Waals surface area contributed by atoms with Crippen molar-refractivity contribution in [3.63, 3.8) is 0 Å². The second-order valence-electron chi connectivity index (χ2n) is 4.65. The first-order chi connectivity index (χ1) is 10.3. The van der Waals surface area contributed by atoms with E-state index in [1.807, 2.05) is 36.5 Å². The van der Waals surface area contributed by atoms with Gasteiger partial charge in [-0.2, -0.15) is 10.5 Å². The lowest BCUT2D eigenvalue weighted by Crippen LogP contribution is -1.82. The maximum atomic E-state index is 9.38. The third-order valence-electron chi connectivity index (χ3n) is 3.37. The third-order valence-corrected chi connectivity index (χ3v) is 3.37. The topological polar surface area (TPSA) is 63.4 Å². The molecular formula is C18H11N3. The summed E-state index contributed by atoms with van der Waals surface area (Å²) in [6.45, 7) is 0. The minimum atomic E-state index is 0.573. The average molecular weight is 269 g/mol. The van der Waals surface area contributed by atoms with E-state index in [4.69, 9.17) is 5.26 Å². The van der Waals surface area contributed by atoms with Crippen LogP contribution in [0.1, 0.15) is 16.7 Å². The number of fused-ring (bicyclic) bond motifs is 1. The molecule has 0 saturated heterocycles. The summed E-state index contributed by atoms with van der Waals surface area (Å²) in [5.41, 5.74) is 3.99. The first kappa shape index (κ1) is 12.7. The van der Waals surface area contributed by atoms with Gasteiger partial charge in [0.2, 0.25) is 0 Å². The summed E-state index contributed by atoms with van der Waals surface area (Å²) in [5.74, 6) is 0. The number of allylic oxidation sites excluding steroid dienone is 1. The van der Waals surface area contributed by atoms with Crippen molar-refractivity contribution in [3.05, 3.63) is 71.4 Å². The molecule has 0 spiro atoms. The summed E-state index contributed by atoms with van der Waals surface area (Å²) in [7, 11) is 0. The molecule has 21 heavy (non-hydrogen) atoms. The molecule has 3 heteroatoms. The zero-order valence-electron chi connectivity index (χ0n) is 11.2. The minimum absolute atomic E-state index is 0.573. The van der Waals surface area contributed by atoms with Crippen LogP contribution in [0.25, 0.3) is 22.6 Å². The lowest BCUT2D eigenvalue weighted by atomic mass is 10.0. The Morgan fingerprint density at radius 3 is 2.48 bits per heavy atom. The fourth-order valence-corrected chi connectivity index (χ4v) is 2.27. The largest absolute Gasteiger partial charge is 0.361 e. The second kappa shape index (κ2) is 5.36. The normalized spacial score (nSPS) is 11.0. The number of para-hydroxylation sites is 1. The van der Waals surface area contributed by atoms with Crippen molar-refractivity contribution in [3.8, 4) is 12.1 Å². The van der Waals surface area contributed by atoms with E-state index in [-0.39, 0.29) is 0 Å². The summed E-state index contributed by atoms with van der Waals surface area (Å²) in [5, 5.41) is 19.3. The van der Waals surface area contributed by atoms with Gasteiger partial charge in [-0.25, -0.2) is 0 Å². The van der Waals surface area contributed by atoms with Gasteiger partial charge in [0.1, 0.15) is 0 Å². The fraction of sp³-hybridized carbons (Fsp3) is 0. The van der Waals surface area contributed by atoms with E-state index >= 15 is 0 Å². The number of hydrogen-bond donors (Lipinski definition) is 1. The quantitative estimate of drug-likeness (QED) is 0.712. The Morgan fingerprint density at radius 1 is 1.00 bits per heavy atom. The van der Waals surface area contributed by atoms with Crippen molar-refractivity contribution in [1.29, 1.82) is 10.5 Å². The Bertz CT molecular complexity index is 900. The molecule has 98 valence electrons. The van der Waals surface area contributed by atoms with E-state index in [1.54, 1.807) is 24.3 Å². The molecule has 3 aromatic rings. The zero-order chi connectivity index (χ0) is 14.7. The first-order valence-electron chi connectivity index (χ1n) is 6.50. The molecule has 3 rings (SSSR count). The molecule has 1 aromatic heterocycles. The van der Waals surface area contributed by atoms with Crippen LogP contribution in [0.2, 0.25) is 0 Å². The lowest BCUT2D eigenvalue weighted by molar-refractivity contribution is 1.47. The average Bonchev–Trinajstić information content (AvgIpc) is 2.96. The number of nitrogens with zero attached hydrogens (tertiary/aromatic N) is 2. The summed E-state index contributed by atoms with van der Waals surface area (Å²) < 4.78 is 0. The molecule has 1 heterocycles. The van der Waals surface area contributed by atoms with Crippen molar-refractivity contribution in [2.45, 2.75) is 0 Å². The Labute approximate surface area is 122 Å². The van der Waals surface area contributed by atoms with Crippen LogP contribution < -0.4 is 0 Å². The van der Waals surface area contributed by atoms with Gasteiger partial charge >= 0.3 is 0 Å². The Balaban J connectivity index is 2.07. The Hall–Kier alpha value is -3.30. The number of benzene rings is 2. The summed E-state index contributed by atoms with van der Waals surface area (Å²) in [4.78, 5) is 3.19. The molecule has 2 aromatic carbocycles. The SMILES string of the molecule is N#CC(=Cc1c[nH]c2ccccc12)c1ccc(C#N)cc1. The number of nitriles is 2. The van der Waals surface area contributed by atoms with Gasteiger partial charge in [-0.3, -0.25) is 0 Å². The lowest BCUT2D eigenvalue weighted by Gasteiger charge is -1.99. The molecule has 0 fully saturated rings. The maximum Gasteiger partial charge on any atom is 0.0998 e. The van der Waals surface area contributed by atoms with Crippen LogP contribution in [0, 0.1) is 22.7 Å². The van der Waals surface area contributed by atoms with Gasteiger partial charge in [-0.15, -0.1) is 0 Å². The van der Waals surface area contributed by atoms with Gasteiger partial charge in [0.25, 0.3) is 0 Å². The Morgan fingerprint density at radius 2 is 1.76 bits per heavy atom. The van der Waals surface area contributed by atoms with E-state index in [0.29, 0.717) is 11.1 Å². The minimum Gasteiger partial charge on any atom is -0.361 e. The molecule has 0 unspecified atom stereocenters. The standard InChI is InChI=1S/C18H11N3/c19-10-13-5-7-14(8-6-13)15(11-20)9-16-12-21-18-4-2-1-3-17(16)18/h1-9,12,21H. The summed E-state index contributed by atoms with van der Waals surface area (Å²) in [6.07, 6.45) is 3.76. The van der Waals surface area contributed by atoms with Crippen LogP contribution in [0.3, 0.4) is 0 Å². The van der Waals surface area contributed by atoms with Crippen molar-refractivity contribution in [2.24, 2.45) is 0 Å². The predicted molar refractivity (Wildman–Crippen MR) is 82.9 cm³/mol. The van der Waals surface area contributed by atoms with Crippen molar-refractivity contribution >= 4 is 22.6 Å². The molecule has 0 aliphatic carbocycles. The van der Waals surface area contributed by atoms with Crippen molar-refractivity contribution < 1.29 is 0 Å². The van der Waals surface area contributed by atoms with Gasteiger partial charge in [0.15, 0.2) is 0 Å². The van der Waals surface area contributed by atoms with Gasteiger partial charge in [-0.1, -0.05) is 30.3 Å². The number of nitrogens with one attached hydrogen (secondary N) is 1. The Kier molecular flexibility index (Phi) is 3.25. The molecule has 0 amide bonds.